The van der Waals surface area contributed by atoms with Gasteiger partial charge in [0.2, 0.25) is 0 Å². The third kappa shape index (κ3) is 3.90. The van der Waals surface area contributed by atoms with Crippen molar-refractivity contribution in [3.8, 4) is 11.5 Å². The molecule has 1 aliphatic rings. The van der Waals surface area contributed by atoms with Gasteiger partial charge in [-0.1, -0.05) is 37.1 Å². The van der Waals surface area contributed by atoms with Crippen molar-refractivity contribution in [2.45, 2.75) is 38.0 Å². The van der Waals surface area contributed by atoms with E-state index in [1.165, 1.54) is 11.1 Å². The van der Waals surface area contributed by atoms with E-state index in [1.54, 1.807) is 24.3 Å². The molecule has 1 fully saturated rings. The Bertz CT molecular complexity index is 580. The lowest BCUT2D eigenvalue weighted by Crippen LogP contribution is -2.22. The number of aromatic hydroxyl groups is 2. The number of aliphatic hydroxyl groups excluding tert-OH is 1. The Labute approximate surface area is 143 Å². The average Bonchev–Trinajstić information content (AvgIpc) is 2.60. The van der Waals surface area contributed by atoms with Gasteiger partial charge in [-0.05, 0) is 66.5 Å². The number of phenolic OH excluding ortho intramolecular Hbond substituents is 2. The maximum Gasteiger partial charge on any atom is 0.115 e. The molecule has 24 heavy (non-hydrogen) atoms. The van der Waals surface area contributed by atoms with Crippen molar-refractivity contribution in [2.75, 3.05) is 6.61 Å². The minimum atomic E-state index is 0.279. The van der Waals surface area contributed by atoms with E-state index in [0.29, 0.717) is 11.8 Å². The first kappa shape index (κ1) is 16.8. The Morgan fingerprint density at radius 1 is 0.750 bits per heavy atom. The van der Waals surface area contributed by atoms with Crippen molar-refractivity contribution in [1.82, 2.24) is 0 Å². The van der Waals surface area contributed by atoms with Gasteiger partial charge in [0.25, 0.3) is 0 Å². The molecule has 1 aliphatic carbocycles. The van der Waals surface area contributed by atoms with Gasteiger partial charge >= 0.3 is 0 Å². The molecule has 3 N–H and O–H groups in total. The molecule has 0 spiro atoms. The van der Waals surface area contributed by atoms with Crippen LogP contribution in [0, 0.1) is 11.8 Å². The lowest BCUT2D eigenvalue weighted by Gasteiger charge is -2.34. The van der Waals surface area contributed by atoms with Crippen molar-refractivity contribution >= 4 is 0 Å². The quantitative estimate of drug-likeness (QED) is 0.762. The fraction of sp³-hybridized carbons (Fsp3) is 0.429. The minimum Gasteiger partial charge on any atom is -0.508 e. The van der Waals surface area contributed by atoms with E-state index in [0.717, 1.165) is 32.1 Å². The van der Waals surface area contributed by atoms with E-state index in [1.807, 2.05) is 24.3 Å². The fourth-order valence-electron chi connectivity index (χ4n) is 4.09. The summed E-state index contributed by atoms with van der Waals surface area (Å²) in [6.45, 7) is 0.286. The highest BCUT2D eigenvalue weighted by Gasteiger charge is 2.29. The molecule has 1 saturated carbocycles. The lowest BCUT2D eigenvalue weighted by atomic mass is 9.70. The number of hydrogen-bond acceptors (Lipinski definition) is 3. The molecule has 128 valence electrons. The smallest absolute Gasteiger partial charge is 0.115 e. The standard InChI is InChI=1S/C21H26O3/c22-14-13-15-1-3-16(4-2-15)21(17-5-9-19(23)10-6-17)18-7-11-20(24)12-8-18/h5-12,15-16,21-24H,1-4,13-14H2. The number of phenols is 2. The third-order valence-electron chi connectivity index (χ3n) is 5.40. The second kappa shape index (κ2) is 7.71. The molecule has 0 unspecified atom stereocenters. The summed E-state index contributed by atoms with van der Waals surface area (Å²) in [7, 11) is 0. The molecular weight excluding hydrogens is 300 g/mol. The van der Waals surface area contributed by atoms with E-state index in [4.69, 9.17) is 5.11 Å². The van der Waals surface area contributed by atoms with Crippen LogP contribution in [0.25, 0.3) is 0 Å². The topological polar surface area (TPSA) is 60.7 Å². The van der Waals surface area contributed by atoms with Crippen molar-refractivity contribution < 1.29 is 15.3 Å². The average molecular weight is 326 g/mol. The molecule has 0 atom stereocenters. The van der Waals surface area contributed by atoms with Crippen molar-refractivity contribution in [2.24, 2.45) is 11.8 Å². The van der Waals surface area contributed by atoms with Gasteiger partial charge in [-0.25, -0.2) is 0 Å². The number of hydrogen-bond donors (Lipinski definition) is 3. The van der Waals surface area contributed by atoms with Gasteiger partial charge in [-0.3, -0.25) is 0 Å². The molecule has 3 heteroatoms. The summed E-state index contributed by atoms with van der Waals surface area (Å²) in [6.07, 6.45) is 5.54. The predicted octanol–water partition coefficient (Wildman–Crippen LogP) is 4.42. The maximum atomic E-state index is 9.59. The van der Waals surface area contributed by atoms with Crippen LogP contribution in [0.3, 0.4) is 0 Å². The maximum absolute atomic E-state index is 9.59. The summed E-state index contributed by atoms with van der Waals surface area (Å²) in [6, 6.07) is 15.0. The molecule has 0 aliphatic heterocycles. The Kier molecular flexibility index (Phi) is 5.41. The van der Waals surface area contributed by atoms with Gasteiger partial charge in [0.05, 0.1) is 0 Å². The highest BCUT2D eigenvalue weighted by Crippen LogP contribution is 2.43. The van der Waals surface area contributed by atoms with Crippen LogP contribution < -0.4 is 0 Å². The molecule has 0 radical (unpaired) electrons. The van der Waals surface area contributed by atoms with E-state index in [-0.39, 0.29) is 24.0 Å². The molecule has 0 amide bonds. The first-order valence-corrected chi connectivity index (χ1v) is 8.86. The van der Waals surface area contributed by atoms with Crippen LogP contribution in [-0.4, -0.2) is 21.9 Å². The molecule has 0 aromatic heterocycles. The molecule has 0 saturated heterocycles. The molecule has 2 aromatic rings. The molecule has 0 heterocycles. The van der Waals surface area contributed by atoms with Crippen LogP contribution >= 0.6 is 0 Å². The monoisotopic (exact) mass is 326 g/mol. The van der Waals surface area contributed by atoms with Gasteiger partial charge in [0, 0.05) is 12.5 Å². The zero-order chi connectivity index (χ0) is 16.9. The van der Waals surface area contributed by atoms with Gasteiger partial charge in [0.1, 0.15) is 11.5 Å². The first-order chi connectivity index (χ1) is 11.7. The van der Waals surface area contributed by atoms with Crippen molar-refractivity contribution in [3.63, 3.8) is 0 Å². The Hall–Kier alpha value is -2.00. The van der Waals surface area contributed by atoms with E-state index < -0.39 is 0 Å². The summed E-state index contributed by atoms with van der Waals surface area (Å²) >= 11 is 0. The molecule has 0 bridgehead atoms. The minimum absolute atomic E-state index is 0.279. The van der Waals surface area contributed by atoms with Crippen molar-refractivity contribution in [1.29, 1.82) is 0 Å². The van der Waals surface area contributed by atoms with Gasteiger partial charge in [-0.15, -0.1) is 0 Å². The Morgan fingerprint density at radius 2 is 1.21 bits per heavy atom. The van der Waals surface area contributed by atoms with E-state index in [9.17, 15) is 10.2 Å². The SMILES string of the molecule is OCCC1CCC(C(c2ccc(O)cc2)c2ccc(O)cc2)CC1. The summed E-state index contributed by atoms with van der Waals surface area (Å²) in [5, 5.41) is 28.3. The number of aliphatic hydroxyl groups is 1. The summed E-state index contributed by atoms with van der Waals surface area (Å²) in [5.74, 6) is 2.05. The summed E-state index contributed by atoms with van der Waals surface area (Å²) in [4.78, 5) is 0. The zero-order valence-corrected chi connectivity index (χ0v) is 13.9. The second-order valence-corrected chi connectivity index (χ2v) is 6.95. The van der Waals surface area contributed by atoms with Crippen LogP contribution in [0.15, 0.2) is 48.5 Å². The Balaban J connectivity index is 1.85. The fourth-order valence-corrected chi connectivity index (χ4v) is 4.09. The highest BCUT2D eigenvalue weighted by molar-refractivity contribution is 5.38. The van der Waals surface area contributed by atoms with Crippen LogP contribution in [0.2, 0.25) is 0 Å². The first-order valence-electron chi connectivity index (χ1n) is 8.86. The van der Waals surface area contributed by atoms with Crippen LogP contribution in [0.4, 0.5) is 0 Å². The summed E-state index contributed by atoms with van der Waals surface area (Å²) in [5.41, 5.74) is 2.42. The predicted molar refractivity (Wildman–Crippen MR) is 95.2 cm³/mol. The third-order valence-corrected chi connectivity index (χ3v) is 5.40. The second-order valence-electron chi connectivity index (χ2n) is 6.95. The van der Waals surface area contributed by atoms with Gasteiger partial charge in [0.15, 0.2) is 0 Å². The molecule has 3 rings (SSSR count). The van der Waals surface area contributed by atoms with Crippen LogP contribution in [0.5, 0.6) is 11.5 Å². The highest BCUT2D eigenvalue weighted by atomic mass is 16.3. The van der Waals surface area contributed by atoms with Crippen LogP contribution in [0.1, 0.15) is 49.1 Å². The molecular formula is C21H26O3. The number of benzene rings is 2. The zero-order valence-electron chi connectivity index (χ0n) is 13.9. The lowest BCUT2D eigenvalue weighted by molar-refractivity contribution is 0.199. The van der Waals surface area contributed by atoms with E-state index >= 15 is 0 Å². The Morgan fingerprint density at radius 3 is 1.62 bits per heavy atom. The van der Waals surface area contributed by atoms with Crippen molar-refractivity contribution in [3.05, 3.63) is 59.7 Å². The van der Waals surface area contributed by atoms with Gasteiger partial charge < -0.3 is 15.3 Å². The molecule has 3 nitrogen and oxygen atoms in total. The van der Waals surface area contributed by atoms with Crippen LogP contribution in [-0.2, 0) is 0 Å². The van der Waals surface area contributed by atoms with Gasteiger partial charge in [-0.2, -0.15) is 0 Å². The van der Waals surface area contributed by atoms with E-state index in [2.05, 4.69) is 0 Å². The molecule has 2 aromatic carbocycles. The largest absolute Gasteiger partial charge is 0.508 e. The summed E-state index contributed by atoms with van der Waals surface area (Å²) < 4.78 is 0. The number of rotatable bonds is 5. The normalized spacial score (nSPS) is 21.1.